The second-order valence-electron chi connectivity index (χ2n) is 3.69. The van der Waals surface area contributed by atoms with E-state index in [-0.39, 0.29) is 0 Å². The summed E-state index contributed by atoms with van der Waals surface area (Å²) in [5.41, 5.74) is 2.54. The van der Waals surface area contributed by atoms with Crippen LogP contribution in [0.3, 0.4) is 0 Å². The van der Waals surface area contributed by atoms with Crippen molar-refractivity contribution in [1.29, 1.82) is 0 Å². The van der Waals surface area contributed by atoms with Gasteiger partial charge in [-0.15, -0.1) is 0 Å². The van der Waals surface area contributed by atoms with E-state index in [2.05, 4.69) is 5.10 Å². The highest BCUT2D eigenvalue weighted by Gasteiger charge is 2.05. The van der Waals surface area contributed by atoms with E-state index in [9.17, 15) is 4.79 Å². The molecule has 0 saturated heterocycles. The summed E-state index contributed by atoms with van der Waals surface area (Å²) in [6.45, 7) is 1.33. The highest BCUT2D eigenvalue weighted by molar-refractivity contribution is 5.87. The van der Waals surface area contributed by atoms with Gasteiger partial charge in [0.15, 0.2) is 6.29 Å². The summed E-state index contributed by atoms with van der Waals surface area (Å²) < 4.78 is 6.79. The van der Waals surface area contributed by atoms with E-state index in [0.29, 0.717) is 18.7 Å². The number of carbonyl (C=O) groups is 1. The monoisotopic (exact) mass is 230 g/mol. The van der Waals surface area contributed by atoms with Crippen molar-refractivity contribution in [3.05, 3.63) is 42.2 Å². The Balaban J connectivity index is 2.27. The molecule has 1 aromatic carbocycles. The van der Waals surface area contributed by atoms with E-state index in [1.165, 1.54) is 0 Å². The summed E-state index contributed by atoms with van der Waals surface area (Å²) in [4.78, 5) is 10.9. The highest BCUT2D eigenvalue weighted by Crippen LogP contribution is 2.21. The number of carbonyl (C=O) groups excluding carboxylic acids is 1. The molecule has 0 fully saturated rings. The Kier molecular flexibility index (Phi) is 3.67. The maximum absolute atomic E-state index is 10.9. The second kappa shape index (κ2) is 5.41. The fourth-order valence-electron chi connectivity index (χ4n) is 1.67. The van der Waals surface area contributed by atoms with Gasteiger partial charge in [-0.25, -0.2) is 0 Å². The van der Waals surface area contributed by atoms with Gasteiger partial charge < -0.3 is 4.74 Å². The lowest BCUT2D eigenvalue weighted by Crippen LogP contribution is -2.03. The third kappa shape index (κ3) is 2.60. The van der Waals surface area contributed by atoms with Gasteiger partial charge in [0, 0.05) is 24.4 Å². The topological polar surface area (TPSA) is 44.1 Å². The highest BCUT2D eigenvalue weighted by atomic mass is 16.5. The zero-order valence-electron chi connectivity index (χ0n) is 9.67. The van der Waals surface area contributed by atoms with Gasteiger partial charge in [0.1, 0.15) is 0 Å². The van der Waals surface area contributed by atoms with E-state index in [1.54, 1.807) is 24.1 Å². The molecule has 88 valence electrons. The van der Waals surface area contributed by atoms with Gasteiger partial charge in [0.05, 0.1) is 19.3 Å². The lowest BCUT2D eigenvalue weighted by atomic mass is 10.0. The number of hydrogen-bond donors (Lipinski definition) is 0. The molecule has 2 rings (SSSR count). The Labute approximate surface area is 99.8 Å². The summed E-state index contributed by atoms with van der Waals surface area (Å²) in [5, 5.41) is 4.23. The minimum absolute atomic E-state index is 0.621. The van der Waals surface area contributed by atoms with Crippen molar-refractivity contribution < 1.29 is 9.53 Å². The SMILES string of the molecule is COCCn1cc(-c2ccccc2C=O)cn1. The maximum atomic E-state index is 10.9. The molecule has 0 aliphatic heterocycles. The van der Waals surface area contributed by atoms with Crippen molar-refractivity contribution in [2.45, 2.75) is 6.54 Å². The average Bonchev–Trinajstić information content (AvgIpc) is 2.85. The van der Waals surface area contributed by atoms with Crippen LogP contribution in [0.4, 0.5) is 0 Å². The number of ether oxygens (including phenoxy) is 1. The first-order chi connectivity index (χ1) is 8.35. The van der Waals surface area contributed by atoms with E-state index in [4.69, 9.17) is 4.74 Å². The van der Waals surface area contributed by atoms with E-state index < -0.39 is 0 Å². The third-order valence-corrected chi connectivity index (χ3v) is 2.56. The third-order valence-electron chi connectivity index (χ3n) is 2.56. The van der Waals surface area contributed by atoms with Gasteiger partial charge in [0.25, 0.3) is 0 Å². The van der Waals surface area contributed by atoms with E-state index in [1.807, 2.05) is 24.4 Å². The molecule has 4 nitrogen and oxygen atoms in total. The number of nitrogens with zero attached hydrogens (tertiary/aromatic N) is 2. The van der Waals surface area contributed by atoms with Gasteiger partial charge in [0.2, 0.25) is 0 Å². The number of hydrogen-bond acceptors (Lipinski definition) is 3. The summed E-state index contributed by atoms with van der Waals surface area (Å²) in [5.74, 6) is 0. The standard InChI is InChI=1S/C13H14N2O2/c1-17-7-6-15-9-12(8-14-15)13-5-3-2-4-11(13)10-16/h2-5,8-10H,6-7H2,1H3. The molecule has 2 aromatic rings. The van der Waals surface area contributed by atoms with Crippen LogP contribution < -0.4 is 0 Å². The van der Waals surface area contributed by atoms with Crippen LogP contribution in [0.15, 0.2) is 36.7 Å². The molecule has 0 bridgehead atoms. The molecular formula is C13H14N2O2. The van der Waals surface area contributed by atoms with Crippen LogP contribution in [0.25, 0.3) is 11.1 Å². The summed E-state index contributed by atoms with van der Waals surface area (Å²) >= 11 is 0. The molecule has 0 aliphatic rings. The first-order valence-electron chi connectivity index (χ1n) is 5.41. The Morgan fingerprint density at radius 3 is 3.00 bits per heavy atom. The zero-order chi connectivity index (χ0) is 12.1. The smallest absolute Gasteiger partial charge is 0.150 e. The Bertz CT molecular complexity index is 506. The van der Waals surface area contributed by atoms with Crippen molar-refractivity contribution in [3.8, 4) is 11.1 Å². The van der Waals surface area contributed by atoms with Crippen LogP contribution in [-0.2, 0) is 11.3 Å². The normalized spacial score (nSPS) is 10.4. The van der Waals surface area contributed by atoms with Crippen LogP contribution in [-0.4, -0.2) is 29.8 Å². The number of benzene rings is 1. The molecule has 0 saturated carbocycles. The average molecular weight is 230 g/mol. The summed E-state index contributed by atoms with van der Waals surface area (Å²) in [7, 11) is 1.66. The maximum Gasteiger partial charge on any atom is 0.150 e. The Hall–Kier alpha value is -1.94. The van der Waals surface area contributed by atoms with Gasteiger partial charge in [-0.2, -0.15) is 5.10 Å². The number of aromatic nitrogens is 2. The minimum Gasteiger partial charge on any atom is -0.383 e. The molecule has 0 radical (unpaired) electrons. The molecule has 0 unspecified atom stereocenters. The Morgan fingerprint density at radius 1 is 1.41 bits per heavy atom. The number of aldehydes is 1. The fourth-order valence-corrected chi connectivity index (χ4v) is 1.67. The lowest BCUT2D eigenvalue weighted by molar-refractivity contribution is 0.112. The largest absolute Gasteiger partial charge is 0.383 e. The zero-order valence-corrected chi connectivity index (χ0v) is 9.67. The molecule has 0 N–H and O–H groups in total. The molecule has 0 aliphatic carbocycles. The van der Waals surface area contributed by atoms with Crippen LogP contribution in [0.2, 0.25) is 0 Å². The van der Waals surface area contributed by atoms with Gasteiger partial charge in [-0.3, -0.25) is 9.48 Å². The van der Waals surface area contributed by atoms with Crippen molar-refractivity contribution in [1.82, 2.24) is 9.78 Å². The molecule has 1 heterocycles. The van der Waals surface area contributed by atoms with Crippen molar-refractivity contribution in [2.75, 3.05) is 13.7 Å². The predicted molar refractivity (Wildman–Crippen MR) is 64.9 cm³/mol. The molecule has 0 spiro atoms. The van der Waals surface area contributed by atoms with Crippen LogP contribution in [0.1, 0.15) is 10.4 Å². The van der Waals surface area contributed by atoms with Gasteiger partial charge in [-0.1, -0.05) is 24.3 Å². The molecule has 1 aromatic heterocycles. The second-order valence-corrected chi connectivity index (χ2v) is 3.69. The predicted octanol–water partition coefficient (Wildman–Crippen LogP) is 2.01. The van der Waals surface area contributed by atoms with Crippen molar-refractivity contribution >= 4 is 6.29 Å². The number of rotatable bonds is 5. The molecular weight excluding hydrogens is 216 g/mol. The first-order valence-corrected chi connectivity index (χ1v) is 5.41. The van der Waals surface area contributed by atoms with Gasteiger partial charge >= 0.3 is 0 Å². The van der Waals surface area contributed by atoms with E-state index in [0.717, 1.165) is 17.4 Å². The number of methoxy groups -OCH3 is 1. The van der Waals surface area contributed by atoms with Crippen LogP contribution in [0.5, 0.6) is 0 Å². The first kappa shape index (κ1) is 11.5. The van der Waals surface area contributed by atoms with Crippen LogP contribution >= 0.6 is 0 Å². The molecule has 4 heteroatoms. The summed E-state index contributed by atoms with van der Waals surface area (Å²) in [6.07, 6.45) is 4.54. The van der Waals surface area contributed by atoms with Crippen LogP contribution in [0, 0.1) is 0 Å². The Morgan fingerprint density at radius 2 is 2.24 bits per heavy atom. The fraction of sp³-hybridized carbons (Fsp3) is 0.231. The quantitative estimate of drug-likeness (QED) is 0.738. The van der Waals surface area contributed by atoms with E-state index >= 15 is 0 Å². The minimum atomic E-state index is 0.621. The van der Waals surface area contributed by atoms with Crippen molar-refractivity contribution in [3.63, 3.8) is 0 Å². The van der Waals surface area contributed by atoms with Gasteiger partial charge in [-0.05, 0) is 5.56 Å². The molecule has 17 heavy (non-hydrogen) atoms. The summed E-state index contributed by atoms with van der Waals surface area (Å²) in [6, 6.07) is 7.48. The van der Waals surface area contributed by atoms with Crippen molar-refractivity contribution in [2.24, 2.45) is 0 Å². The molecule has 0 atom stereocenters. The molecule has 0 amide bonds. The lowest BCUT2D eigenvalue weighted by Gasteiger charge is -2.01.